The number of aliphatic hydroxyl groups excluding tert-OH is 4. The van der Waals surface area contributed by atoms with Gasteiger partial charge in [0.15, 0.2) is 35.1 Å². The summed E-state index contributed by atoms with van der Waals surface area (Å²) >= 11 is 0. The number of nitrogens with zero attached hydrogens (tertiary/aromatic N) is 7. The van der Waals surface area contributed by atoms with Crippen LogP contribution < -0.4 is 36.9 Å². The molecule has 7 rings (SSSR count). The van der Waals surface area contributed by atoms with Crippen LogP contribution in [0.3, 0.4) is 0 Å². The molecule has 2 fully saturated rings. The molecule has 2 aliphatic rings. The molecule has 10 N–H and O–H groups in total. The van der Waals surface area contributed by atoms with Gasteiger partial charge in [-0.3, -0.25) is 37.6 Å². The summed E-state index contributed by atoms with van der Waals surface area (Å²) in [6, 6.07) is 0. The Balaban J connectivity index is 0.962. The van der Waals surface area contributed by atoms with Gasteiger partial charge >= 0.3 is 21.6 Å². The first-order chi connectivity index (χ1) is 27.7. The molecule has 0 aromatic carbocycles. The Morgan fingerprint density at radius 1 is 0.814 bits per heavy atom. The molecular formula is C29H33N11O17P2-2. The fourth-order valence-electron chi connectivity index (χ4n) is 6.33. The number of imidazole rings is 2. The lowest BCUT2D eigenvalue weighted by Crippen LogP contribution is -2.34. The number of nitrogens with two attached hydrogens (primary N) is 2. The van der Waals surface area contributed by atoms with Gasteiger partial charge in [-0.1, -0.05) is 0 Å². The maximum absolute atomic E-state index is 13.0. The maximum Gasteiger partial charge on any atom is 0.322 e. The lowest BCUT2D eigenvalue weighted by atomic mass is 10.1. The molecule has 0 radical (unpaired) electrons. The Hall–Kier alpha value is -5.22. The number of hydrogen-bond acceptors (Lipinski definition) is 24. The number of aliphatic hydroxyl groups is 4. The van der Waals surface area contributed by atoms with Crippen molar-refractivity contribution < 1.29 is 71.7 Å². The fourth-order valence-corrected chi connectivity index (χ4v) is 7.91. The van der Waals surface area contributed by atoms with Crippen LogP contribution in [0.1, 0.15) is 29.3 Å². The van der Waals surface area contributed by atoms with Crippen molar-refractivity contribution in [1.82, 2.24) is 44.0 Å². The van der Waals surface area contributed by atoms with Crippen LogP contribution in [-0.4, -0.2) is 120 Å². The Labute approximate surface area is 327 Å². The van der Waals surface area contributed by atoms with Crippen LogP contribution in [0.5, 0.6) is 5.75 Å². The van der Waals surface area contributed by atoms with Crippen LogP contribution in [0, 0.1) is 13.8 Å². The fraction of sp³-hybridized carbons (Fsp3) is 0.448. The number of ether oxygens (including phenoxy) is 2. The molecule has 2 unspecified atom stereocenters. The number of carbonyl (C=O) groups is 1. The predicted octanol–water partition coefficient (Wildman–Crippen LogP) is -4.20. The highest BCUT2D eigenvalue weighted by atomic mass is 31.2. The average molecular weight is 870 g/mol. The molecule has 5 aromatic rings. The average Bonchev–Trinajstić information content (AvgIpc) is 3.92. The third kappa shape index (κ3) is 8.21. The van der Waals surface area contributed by atoms with Gasteiger partial charge in [-0.2, -0.15) is 4.98 Å². The van der Waals surface area contributed by atoms with Crippen molar-refractivity contribution in [3.8, 4) is 5.75 Å². The van der Waals surface area contributed by atoms with Crippen LogP contribution in [0.15, 0.2) is 28.6 Å². The van der Waals surface area contributed by atoms with Crippen molar-refractivity contribution in [3.63, 3.8) is 0 Å². The number of fused-ring (bicyclic) bond motifs is 2. The number of pyridine rings is 1. The van der Waals surface area contributed by atoms with Crippen LogP contribution in [0.4, 0.5) is 11.8 Å². The number of hydrogen-bond donors (Lipinski definition) is 8. The van der Waals surface area contributed by atoms with E-state index < -0.39 is 107 Å². The van der Waals surface area contributed by atoms with E-state index in [2.05, 4.69) is 39.4 Å². The zero-order valence-electron chi connectivity index (χ0n) is 30.2. The predicted molar refractivity (Wildman–Crippen MR) is 188 cm³/mol. The molecule has 30 heteroatoms. The molecule has 0 amide bonds. The minimum atomic E-state index is -5.50. The van der Waals surface area contributed by atoms with Crippen molar-refractivity contribution >= 4 is 55.7 Å². The maximum atomic E-state index is 13.0. The first kappa shape index (κ1) is 41.9. The summed E-state index contributed by atoms with van der Waals surface area (Å²) < 4.78 is 58.3. The molecule has 0 bridgehead atoms. The first-order valence-electron chi connectivity index (χ1n) is 17.0. The molecule has 2 saturated heterocycles. The highest BCUT2D eigenvalue weighted by Crippen LogP contribution is 2.44. The van der Waals surface area contributed by atoms with E-state index in [9.17, 15) is 53.7 Å². The number of rotatable bonds is 13. The summed E-state index contributed by atoms with van der Waals surface area (Å²) in [5, 5.41) is 42.4. The van der Waals surface area contributed by atoms with Gasteiger partial charge in [0.2, 0.25) is 5.95 Å². The largest absolute Gasteiger partial charge is 0.746 e. The summed E-state index contributed by atoms with van der Waals surface area (Å²) in [7, 11) is -10.9. The van der Waals surface area contributed by atoms with E-state index >= 15 is 0 Å². The second-order valence-corrected chi connectivity index (χ2v) is 15.9. The third-order valence-electron chi connectivity index (χ3n) is 9.33. The van der Waals surface area contributed by atoms with E-state index in [0.717, 1.165) is 17.2 Å². The highest BCUT2D eigenvalue weighted by molar-refractivity contribution is 7.46. The molecule has 5 aromatic heterocycles. The van der Waals surface area contributed by atoms with Crippen LogP contribution in [-0.2, 0) is 43.4 Å². The number of phosphoric ester groups is 2. The van der Waals surface area contributed by atoms with Gasteiger partial charge < -0.3 is 74.2 Å². The van der Waals surface area contributed by atoms with E-state index in [1.54, 1.807) is 0 Å². The number of carbonyl (C=O) groups excluding carboxylic acids is 1. The van der Waals surface area contributed by atoms with E-state index in [1.807, 2.05) is 0 Å². The highest BCUT2D eigenvalue weighted by Gasteiger charge is 2.46. The van der Waals surface area contributed by atoms with Gasteiger partial charge in [-0.05, 0) is 13.8 Å². The van der Waals surface area contributed by atoms with Gasteiger partial charge in [-0.25, -0.2) is 19.9 Å². The molecule has 59 heavy (non-hydrogen) atoms. The van der Waals surface area contributed by atoms with Crippen LogP contribution in [0.25, 0.3) is 22.3 Å². The SMILES string of the molecule is Cc1c(CC(=O)OP(=O)([O-])OC[C@H]2O[C@@H](n3cnc4c(N)ncnc43)[C@H](O)[C@@H]2O)[nH]c(=O)c(C)c1OP(=O)([O-])OC[C@H]1O[C@@H](n2cnc3c(=O)[nH]c(N)nc32)[C@H](O)[C@@H]1O. The van der Waals surface area contributed by atoms with Crippen LogP contribution >= 0.6 is 15.6 Å². The number of anilines is 2. The zero-order valence-corrected chi connectivity index (χ0v) is 32.0. The molecular weight excluding hydrogens is 836 g/mol. The number of nitrogen functional groups attached to an aromatic ring is 2. The second-order valence-electron chi connectivity index (χ2n) is 13.2. The molecule has 10 atom stereocenters. The van der Waals surface area contributed by atoms with Crippen molar-refractivity contribution in [2.75, 3.05) is 24.7 Å². The smallest absolute Gasteiger partial charge is 0.322 e. The van der Waals surface area contributed by atoms with Gasteiger partial charge in [0, 0.05) is 11.3 Å². The van der Waals surface area contributed by atoms with Crippen molar-refractivity contribution in [2.24, 2.45) is 0 Å². The monoisotopic (exact) mass is 869 g/mol. The molecule has 0 saturated carbocycles. The minimum absolute atomic E-state index is 0.0286. The van der Waals surface area contributed by atoms with Crippen molar-refractivity contribution in [1.29, 1.82) is 0 Å². The number of nitrogens with one attached hydrogen (secondary N) is 2. The summed E-state index contributed by atoms with van der Waals surface area (Å²) in [5.74, 6) is -2.35. The van der Waals surface area contributed by atoms with Crippen molar-refractivity contribution in [3.05, 3.63) is 56.5 Å². The van der Waals surface area contributed by atoms with E-state index in [0.29, 0.717) is 0 Å². The summed E-state index contributed by atoms with van der Waals surface area (Å²) in [6.45, 7) is 0.546. The van der Waals surface area contributed by atoms with E-state index in [-0.39, 0.29) is 50.9 Å². The molecule has 318 valence electrons. The Morgan fingerprint density at radius 2 is 1.39 bits per heavy atom. The lowest BCUT2D eigenvalue weighted by molar-refractivity contribution is -0.227. The standard InChI is InChI=1S/C29H35N11O17P2/c1-9-11(3-14(41)56-58(48,49)52-4-12-17(42)19(44)27(54-12)39-7-34-15-22(30)32-6-33-23(15)39)36-25(46)10(2)21(9)57-59(50,51)53-5-13-18(43)20(45)28(55-13)40-8-35-16-24(40)37-29(31)38-26(16)47/h6-8,12-13,17-20,27-28,42-45H,3-5H2,1-2H3,(H,36,46)(H,48,49)(H,50,51)(H2,30,32,33)(H3,31,37,38,47)/p-2/t12-,13-,17-,18-,19-,20-,27-,28-/m1/s1. The summed E-state index contributed by atoms with van der Waals surface area (Å²) in [4.78, 5) is 87.5. The van der Waals surface area contributed by atoms with Gasteiger partial charge in [-0.15, -0.1) is 0 Å². The van der Waals surface area contributed by atoms with Gasteiger partial charge in [0.1, 0.15) is 54.2 Å². The molecule has 2 aliphatic heterocycles. The quantitative estimate of drug-likeness (QED) is 0.0520. The topological polar surface area (TPSA) is 426 Å². The Bertz CT molecular complexity index is 2650. The minimum Gasteiger partial charge on any atom is -0.746 e. The normalized spacial score (nSPS) is 26.6. The summed E-state index contributed by atoms with van der Waals surface area (Å²) in [6.07, 6.45) is -10.00. The van der Waals surface area contributed by atoms with E-state index in [1.165, 1.54) is 24.7 Å². The van der Waals surface area contributed by atoms with Crippen LogP contribution in [0.2, 0.25) is 0 Å². The number of H-pyrrole nitrogens is 2. The van der Waals surface area contributed by atoms with Gasteiger partial charge in [0.05, 0.1) is 37.9 Å². The number of aromatic amines is 2. The lowest BCUT2D eigenvalue weighted by Gasteiger charge is -2.27. The van der Waals surface area contributed by atoms with Gasteiger partial charge in [0.25, 0.3) is 11.1 Å². The molecule has 0 spiro atoms. The Morgan fingerprint density at radius 3 is 2.02 bits per heavy atom. The summed E-state index contributed by atoms with van der Waals surface area (Å²) in [5.41, 5.74) is 8.98. The van der Waals surface area contributed by atoms with E-state index in [4.69, 9.17) is 34.5 Å². The number of phosphoric acid groups is 2. The molecule has 0 aliphatic carbocycles. The third-order valence-corrected chi connectivity index (χ3v) is 11.1. The molecule has 7 heterocycles. The van der Waals surface area contributed by atoms with Crippen molar-refractivity contribution in [2.45, 2.75) is 69.3 Å². The molecule has 28 nitrogen and oxygen atoms in total. The first-order valence-corrected chi connectivity index (χ1v) is 19.9. The zero-order chi connectivity index (χ0) is 42.7. The second kappa shape index (κ2) is 15.8. The number of aromatic nitrogens is 9. The Kier molecular flexibility index (Phi) is 11.2.